The number of hydrazine groups is 1. The highest BCUT2D eigenvalue weighted by Crippen LogP contribution is 2.30. The summed E-state index contributed by atoms with van der Waals surface area (Å²) in [6.07, 6.45) is 0.844. The van der Waals surface area contributed by atoms with Gasteiger partial charge in [-0.1, -0.05) is 18.2 Å². The fraction of sp³-hybridized carbons (Fsp3) is 0.118. The third kappa shape index (κ3) is 3.05. The number of rotatable bonds is 2. The first-order valence-corrected chi connectivity index (χ1v) is 6.82. The predicted octanol–water partition coefficient (Wildman–Crippen LogP) is 3.17. The number of nitrogens with two attached hydrogens (primary N) is 1. The Bertz CT molecular complexity index is 778. The minimum absolute atomic E-state index is 0.288. The number of aromatic nitrogens is 1. The van der Waals surface area contributed by atoms with Crippen LogP contribution in [0, 0.1) is 12.7 Å². The smallest absolute Gasteiger partial charge is 0.152 e. The van der Waals surface area contributed by atoms with E-state index >= 15 is 0 Å². The van der Waals surface area contributed by atoms with E-state index in [-0.39, 0.29) is 5.82 Å². The number of halogens is 1. The molecule has 5 heteroatoms. The maximum Gasteiger partial charge on any atom is 0.152 e. The van der Waals surface area contributed by atoms with E-state index in [1.807, 2.05) is 25.1 Å². The molecule has 0 amide bonds. The summed E-state index contributed by atoms with van der Waals surface area (Å²) in [6.45, 7) is 1.99. The molecule has 0 saturated heterocycles. The van der Waals surface area contributed by atoms with Crippen LogP contribution in [0.25, 0.3) is 22.2 Å². The molecule has 0 atom stereocenters. The third-order valence-corrected chi connectivity index (χ3v) is 3.33. The lowest BCUT2D eigenvalue weighted by atomic mass is 10.1. The van der Waals surface area contributed by atoms with Crippen LogP contribution in [0.4, 0.5) is 4.39 Å². The highest BCUT2D eigenvalue weighted by molar-refractivity contribution is 6.05. The van der Waals surface area contributed by atoms with Crippen molar-refractivity contribution in [2.75, 3.05) is 7.05 Å². The average Bonchev–Trinajstić information content (AvgIpc) is 2.89. The SMILES string of the molecule is CNN.Cc1cccc2c(C=O)c(-c3ccc(F)cc3)[nH]c12. The highest BCUT2D eigenvalue weighted by atomic mass is 19.1. The number of aromatic amines is 1. The van der Waals surface area contributed by atoms with Crippen molar-refractivity contribution in [1.82, 2.24) is 10.4 Å². The largest absolute Gasteiger partial charge is 0.354 e. The summed E-state index contributed by atoms with van der Waals surface area (Å²) in [5.41, 5.74) is 6.43. The lowest BCUT2D eigenvalue weighted by molar-refractivity contribution is 0.112. The molecule has 22 heavy (non-hydrogen) atoms. The molecule has 0 saturated carbocycles. The molecule has 4 nitrogen and oxygen atoms in total. The van der Waals surface area contributed by atoms with E-state index < -0.39 is 0 Å². The lowest BCUT2D eigenvalue weighted by Crippen LogP contribution is -2.13. The number of para-hydroxylation sites is 1. The number of carbonyl (C=O) groups is 1. The third-order valence-electron chi connectivity index (χ3n) is 3.33. The molecule has 0 spiro atoms. The Morgan fingerprint density at radius 2 is 1.82 bits per heavy atom. The van der Waals surface area contributed by atoms with E-state index in [1.54, 1.807) is 19.2 Å². The van der Waals surface area contributed by atoms with Gasteiger partial charge in [0.2, 0.25) is 0 Å². The molecular weight excluding hydrogens is 281 g/mol. The molecule has 3 aromatic rings. The predicted molar refractivity (Wildman–Crippen MR) is 87.1 cm³/mol. The van der Waals surface area contributed by atoms with Crippen LogP contribution in [0.5, 0.6) is 0 Å². The van der Waals surface area contributed by atoms with Crippen molar-refractivity contribution in [3.8, 4) is 11.3 Å². The second-order valence-electron chi connectivity index (χ2n) is 4.82. The standard InChI is InChI=1S/C16H12FNO.CH6N2/c1-10-3-2-4-13-14(9-19)16(18-15(10)13)11-5-7-12(17)8-6-11;1-3-2/h2-9,18H,1H3;3H,2H2,1H3. The van der Waals surface area contributed by atoms with Crippen LogP contribution in [-0.4, -0.2) is 18.3 Å². The van der Waals surface area contributed by atoms with E-state index in [2.05, 4.69) is 16.3 Å². The zero-order valence-corrected chi connectivity index (χ0v) is 12.5. The maximum atomic E-state index is 13.0. The van der Waals surface area contributed by atoms with Gasteiger partial charge in [0.15, 0.2) is 6.29 Å². The fourth-order valence-corrected chi connectivity index (χ4v) is 2.35. The molecule has 1 heterocycles. The zero-order chi connectivity index (χ0) is 16.1. The maximum absolute atomic E-state index is 13.0. The molecular formula is C17H18FN3O. The van der Waals surface area contributed by atoms with Gasteiger partial charge in [0, 0.05) is 16.5 Å². The van der Waals surface area contributed by atoms with Crippen LogP contribution in [-0.2, 0) is 0 Å². The topological polar surface area (TPSA) is 70.9 Å². The van der Waals surface area contributed by atoms with Crippen LogP contribution in [0.2, 0.25) is 0 Å². The summed E-state index contributed by atoms with van der Waals surface area (Å²) in [5.74, 6) is 4.31. The van der Waals surface area contributed by atoms with Crippen molar-refractivity contribution in [3.63, 3.8) is 0 Å². The summed E-state index contributed by atoms with van der Waals surface area (Å²) >= 11 is 0. The van der Waals surface area contributed by atoms with Crippen LogP contribution in [0.1, 0.15) is 15.9 Å². The van der Waals surface area contributed by atoms with Crippen LogP contribution >= 0.6 is 0 Å². The zero-order valence-electron chi connectivity index (χ0n) is 12.5. The molecule has 0 aliphatic rings. The van der Waals surface area contributed by atoms with Gasteiger partial charge in [0.05, 0.1) is 5.69 Å². The van der Waals surface area contributed by atoms with Gasteiger partial charge in [-0.15, -0.1) is 0 Å². The molecule has 3 rings (SSSR count). The number of carbonyl (C=O) groups excluding carboxylic acids is 1. The number of H-pyrrole nitrogens is 1. The summed E-state index contributed by atoms with van der Waals surface area (Å²) in [7, 11) is 1.65. The van der Waals surface area contributed by atoms with Crippen molar-refractivity contribution < 1.29 is 9.18 Å². The van der Waals surface area contributed by atoms with Crippen molar-refractivity contribution in [2.45, 2.75) is 6.92 Å². The Balaban J connectivity index is 0.000000545. The summed E-state index contributed by atoms with van der Waals surface area (Å²) in [4.78, 5) is 14.6. The van der Waals surface area contributed by atoms with E-state index in [0.717, 1.165) is 34.0 Å². The Labute approximate surface area is 128 Å². The first kappa shape index (κ1) is 15.9. The number of hydrogen-bond acceptors (Lipinski definition) is 3. The molecule has 114 valence electrons. The number of aldehydes is 1. The molecule has 0 aliphatic carbocycles. The van der Waals surface area contributed by atoms with Crippen molar-refractivity contribution in [1.29, 1.82) is 0 Å². The Kier molecular flexibility index (Phi) is 5.04. The molecule has 0 radical (unpaired) electrons. The van der Waals surface area contributed by atoms with E-state index in [1.165, 1.54) is 12.1 Å². The number of aryl methyl sites for hydroxylation is 1. The van der Waals surface area contributed by atoms with Crippen LogP contribution < -0.4 is 11.3 Å². The summed E-state index contributed by atoms with van der Waals surface area (Å²) < 4.78 is 13.0. The Hall–Kier alpha value is -2.50. The minimum atomic E-state index is -0.288. The van der Waals surface area contributed by atoms with Crippen molar-refractivity contribution in [3.05, 3.63) is 59.4 Å². The molecule has 4 N–H and O–H groups in total. The number of hydrogen-bond donors (Lipinski definition) is 3. The average molecular weight is 299 g/mol. The lowest BCUT2D eigenvalue weighted by Gasteiger charge is -1.99. The molecule has 1 aromatic heterocycles. The number of fused-ring (bicyclic) bond motifs is 1. The first-order chi connectivity index (χ1) is 10.6. The Morgan fingerprint density at radius 1 is 1.18 bits per heavy atom. The van der Waals surface area contributed by atoms with Gasteiger partial charge in [-0.25, -0.2) is 4.39 Å². The second-order valence-corrected chi connectivity index (χ2v) is 4.82. The van der Waals surface area contributed by atoms with Gasteiger partial charge in [0.25, 0.3) is 0 Å². The molecule has 0 bridgehead atoms. The minimum Gasteiger partial charge on any atom is -0.354 e. The first-order valence-electron chi connectivity index (χ1n) is 6.82. The van der Waals surface area contributed by atoms with Crippen LogP contribution in [0.15, 0.2) is 42.5 Å². The van der Waals surface area contributed by atoms with Gasteiger partial charge in [-0.2, -0.15) is 0 Å². The monoisotopic (exact) mass is 299 g/mol. The van der Waals surface area contributed by atoms with E-state index in [0.29, 0.717) is 5.56 Å². The van der Waals surface area contributed by atoms with Crippen molar-refractivity contribution >= 4 is 17.2 Å². The Morgan fingerprint density at radius 3 is 2.41 bits per heavy atom. The van der Waals surface area contributed by atoms with Crippen LogP contribution in [0.3, 0.4) is 0 Å². The molecule has 2 aromatic carbocycles. The molecule has 0 fully saturated rings. The number of nitrogens with one attached hydrogen (secondary N) is 2. The summed E-state index contributed by atoms with van der Waals surface area (Å²) in [6, 6.07) is 11.9. The van der Waals surface area contributed by atoms with Gasteiger partial charge in [-0.3, -0.25) is 16.1 Å². The number of benzene rings is 2. The van der Waals surface area contributed by atoms with Gasteiger partial charge >= 0.3 is 0 Å². The fourth-order valence-electron chi connectivity index (χ4n) is 2.35. The second kappa shape index (κ2) is 6.98. The van der Waals surface area contributed by atoms with Gasteiger partial charge in [0.1, 0.15) is 5.82 Å². The van der Waals surface area contributed by atoms with Gasteiger partial charge in [-0.05, 0) is 49.4 Å². The van der Waals surface area contributed by atoms with Crippen molar-refractivity contribution in [2.24, 2.45) is 5.84 Å². The summed E-state index contributed by atoms with van der Waals surface area (Å²) in [5, 5.41) is 0.898. The van der Waals surface area contributed by atoms with E-state index in [4.69, 9.17) is 0 Å². The van der Waals surface area contributed by atoms with Gasteiger partial charge < -0.3 is 4.98 Å². The molecule has 0 unspecified atom stereocenters. The normalized spacial score (nSPS) is 10.2. The van der Waals surface area contributed by atoms with E-state index in [9.17, 15) is 9.18 Å². The quantitative estimate of drug-likeness (QED) is 0.387. The highest BCUT2D eigenvalue weighted by Gasteiger charge is 2.13. The molecule has 0 aliphatic heterocycles.